The highest BCUT2D eigenvalue weighted by Gasteiger charge is 2.18. The fraction of sp³-hybridized carbons (Fsp3) is 0.0476. The SMILES string of the molecule is N#Cc1nn(-c2cc(Cl)c(-n3ncc4c3ccc(=O)n4Cc3cccs3)c(Cl)c2)c(=O)[nH]c1=O. The number of aromatic nitrogens is 6. The standard InChI is InChI=1S/C21H11Cl2N7O3S/c22-13-6-11(29-21(33)26-20(32)15(8-24)27-29)7-14(23)19(13)30-16-3-4-18(31)28(17(16)9-25-30)10-12-2-1-5-34-12/h1-7,9H,10H2,(H,26,32,33). The van der Waals surface area contributed by atoms with Gasteiger partial charge in [-0.1, -0.05) is 29.3 Å². The zero-order valence-electron chi connectivity index (χ0n) is 16.9. The van der Waals surface area contributed by atoms with Crippen LogP contribution in [0.4, 0.5) is 0 Å². The maximum atomic E-state index is 12.5. The maximum Gasteiger partial charge on any atom is 0.349 e. The van der Waals surface area contributed by atoms with Gasteiger partial charge in [-0.25, -0.2) is 9.48 Å². The van der Waals surface area contributed by atoms with Gasteiger partial charge in [-0.05, 0) is 29.6 Å². The first-order valence-corrected chi connectivity index (χ1v) is 11.2. The van der Waals surface area contributed by atoms with E-state index in [4.69, 9.17) is 28.5 Å². The lowest BCUT2D eigenvalue weighted by atomic mass is 10.2. The minimum atomic E-state index is -0.894. The van der Waals surface area contributed by atoms with Gasteiger partial charge in [-0.15, -0.1) is 16.4 Å². The van der Waals surface area contributed by atoms with Crippen LogP contribution in [0.3, 0.4) is 0 Å². The molecular formula is C21H11Cl2N7O3S. The molecule has 0 atom stereocenters. The third kappa shape index (κ3) is 3.63. The van der Waals surface area contributed by atoms with Crippen LogP contribution in [0.2, 0.25) is 10.0 Å². The molecule has 34 heavy (non-hydrogen) atoms. The van der Waals surface area contributed by atoms with E-state index in [1.165, 1.54) is 22.9 Å². The van der Waals surface area contributed by atoms with Crippen molar-refractivity contribution in [1.29, 1.82) is 5.26 Å². The highest BCUT2D eigenvalue weighted by atomic mass is 35.5. The van der Waals surface area contributed by atoms with Crippen LogP contribution in [0.15, 0.2) is 62.4 Å². The monoisotopic (exact) mass is 511 g/mol. The zero-order valence-corrected chi connectivity index (χ0v) is 19.2. The normalized spacial score (nSPS) is 11.1. The number of nitrogens with one attached hydrogen (secondary N) is 1. The highest BCUT2D eigenvalue weighted by Crippen LogP contribution is 2.33. The number of aromatic amines is 1. The molecule has 0 fully saturated rings. The molecular weight excluding hydrogens is 501 g/mol. The van der Waals surface area contributed by atoms with Crippen LogP contribution in [0.1, 0.15) is 10.6 Å². The van der Waals surface area contributed by atoms with Gasteiger partial charge >= 0.3 is 5.69 Å². The third-order valence-electron chi connectivity index (χ3n) is 5.01. The molecule has 0 saturated heterocycles. The number of benzene rings is 1. The van der Waals surface area contributed by atoms with E-state index >= 15 is 0 Å². The molecule has 4 aromatic heterocycles. The molecule has 10 nitrogen and oxygen atoms in total. The van der Waals surface area contributed by atoms with Crippen LogP contribution in [-0.2, 0) is 6.54 Å². The van der Waals surface area contributed by atoms with E-state index in [1.807, 2.05) is 22.5 Å². The van der Waals surface area contributed by atoms with Crippen LogP contribution in [-0.4, -0.2) is 29.1 Å². The minimum absolute atomic E-state index is 0.127. The molecule has 0 aliphatic rings. The Morgan fingerprint density at radius 1 is 1.06 bits per heavy atom. The predicted octanol–water partition coefficient (Wildman–Crippen LogP) is 2.71. The van der Waals surface area contributed by atoms with Crippen molar-refractivity contribution in [3.05, 3.63) is 99.8 Å². The van der Waals surface area contributed by atoms with Gasteiger partial charge in [0.25, 0.3) is 11.1 Å². The molecule has 0 unspecified atom stereocenters. The lowest BCUT2D eigenvalue weighted by molar-refractivity contribution is 0.740. The van der Waals surface area contributed by atoms with Gasteiger partial charge in [0.2, 0.25) is 5.69 Å². The Kier molecular flexibility index (Phi) is 5.41. The van der Waals surface area contributed by atoms with Crippen molar-refractivity contribution < 1.29 is 0 Å². The summed E-state index contributed by atoms with van der Waals surface area (Å²) in [7, 11) is 0. The van der Waals surface area contributed by atoms with Crippen molar-refractivity contribution in [2.45, 2.75) is 6.54 Å². The lowest BCUT2D eigenvalue weighted by Crippen LogP contribution is -2.33. The topological polar surface area (TPSA) is 131 Å². The molecule has 5 aromatic rings. The molecule has 0 spiro atoms. The first kappa shape index (κ1) is 21.8. The smallest absolute Gasteiger partial charge is 0.300 e. The Morgan fingerprint density at radius 3 is 2.50 bits per heavy atom. The van der Waals surface area contributed by atoms with E-state index in [2.05, 4.69) is 10.2 Å². The number of nitrogens with zero attached hydrogens (tertiary/aromatic N) is 6. The van der Waals surface area contributed by atoms with Crippen LogP contribution in [0, 0.1) is 11.3 Å². The van der Waals surface area contributed by atoms with Gasteiger partial charge in [0.15, 0.2) is 0 Å². The minimum Gasteiger partial charge on any atom is -0.300 e. The summed E-state index contributed by atoms with van der Waals surface area (Å²) in [4.78, 5) is 39.4. The second-order valence-electron chi connectivity index (χ2n) is 7.05. The number of hydrogen-bond acceptors (Lipinski definition) is 7. The van der Waals surface area contributed by atoms with Crippen LogP contribution in [0.5, 0.6) is 0 Å². The van der Waals surface area contributed by atoms with Crippen molar-refractivity contribution in [3.8, 4) is 17.4 Å². The number of hydrogen-bond donors (Lipinski definition) is 1. The summed E-state index contributed by atoms with van der Waals surface area (Å²) in [5.41, 5.74) is -0.764. The second kappa shape index (κ2) is 8.42. The molecule has 0 bridgehead atoms. The number of rotatable bonds is 4. The summed E-state index contributed by atoms with van der Waals surface area (Å²) >= 11 is 14.6. The number of H-pyrrole nitrogens is 1. The maximum absolute atomic E-state index is 12.5. The van der Waals surface area contributed by atoms with E-state index in [9.17, 15) is 14.4 Å². The summed E-state index contributed by atoms with van der Waals surface area (Å²) < 4.78 is 3.92. The molecule has 0 amide bonds. The number of thiophene rings is 1. The molecule has 0 aliphatic heterocycles. The molecule has 13 heteroatoms. The Hall–Kier alpha value is -3.98. The average Bonchev–Trinajstić information content (AvgIpc) is 3.46. The first-order valence-electron chi connectivity index (χ1n) is 9.61. The molecule has 5 rings (SSSR count). The fourth-order valence-electron chi connectivity index (χ4n) is 3.50. The molecule has 1 aromatic carbocycles. The first-order chi connectivity index (χ1) is 16.4. The van der Waals surface area contributed by atoms with Crippen molar-refractivity contribution in [2.75, 3.05) is 0 Å². The van der Waals surface area contributed by atoms with E-state index in [0.29, 0.717) is 23.3 Å². The Morgan fingerprint density at radius 2 is 1.82 bits per heavy atom. The van der Waals surface area contributed by atoms with E-state index in [-0.39, 0.29) is 21.3 Å². The number of pyridine rings is 1. The van der Waals surface area contributed by atoms with Crippen molar-refractivity contribution >= 4 is 45.6 Å². The quantitative estimate of drug-likeness (QED) is 0.394. The van der Waals surface area contributed by atoms with E-state index in [1.54, 1.807) is 34.2 Å². The van der Waals surface area contributed by atoms with Gasteiger partial charge in [-0.2, -0.15) is 15.0 Å². The van der Waals surface area contributed by atoms with E-state index in [0.717, 1.165) is 9.56 Å². The molecule has 0 aliphatic carbocycles. The highest BCUT2D eigenvalue weighted by molar-refractivity contribution is 7.09. The molecule has 0 saturated carbocycles. The Balaban J connectivity index is 1.65. The van der Waals surface area contributed by atoms with Gasteiger partial charge in [0.1, 0.15) is 11.8 Å². The summed E-state index contributed by atoms with van der Waals surface area (Å²) in [6, 6.07) is 11.4. The van der Waals surface area contributed by atoms with Crippen molar-refractivity contribution in [1.82, 2.24) is 29.1 Å². The molecule has 4 heterocycles. The summed E-state index contributed by atoms with van der Waals surface area (Å²) in [5, 5.41) is 19.4. The number of fused-ring (bicyclic) bond motifs is 1. The Labute approximate surface area is 203 Å². The Bertz CT molecular complexity index is 1770. The second-order valence-corrected chi connectivity index (χ2v) is 8.90. The van der Waals surface area contributed by atoms with Crippen LogP contribution < -0.4 is 16.8 Å². The summed E-state index contributed by atoms with van der Waals surface area (Å²) in [6.45, 7) is 0.391. The summed E-state index contributed by atoms with van der Waals surface area (Å²) in [6.07, 6.45) is 1.55. The molecule has 168 valence electrons. The molecule has 1 N–H and O–H groups in total. The number of halogens is 2. The van der Waals surface area contributed by atoms with Gasteiger partial charge in [-0.3, -0.25) is 14.6 Å². The van der Waals surface area contributed by atoms with Crippen molar-refractivity contribution in [3.63, 3.8) is 0 Å². The zero-order chi connectivity index (χ0) is 24.0. The van der Waals surface area contributed by atoms with Gasteiger partial charge < -0.3 is 4.57 Å². The van der Waals surface area contributed by atoms with Gasteiger partial charge in [0.05, 0.1) is 39.5 Å². The van der Waals surface area contributed by atoms with Crippen LogP contribution >= 0.6 is 34.5 Å². The lowest BCUT2D eigenvalue weighted by Gasteiger charge is -2.12. The van der Waals surface area contributed by atoms with E-state index < -0.39 is 16.9 Å². The number of nitriles is 1. The summed E-state index contributed by atoms with van der Waals surface area (Å²) in [5.74, 6) is 0. The average molecular weight is 512 g/mol. The third-order valence-corrected chi connectivity index (χ3v) is 6.45. The fourth-order valence-corrected chi connectivity index (χ4v) is 4.83. The predicted molar refractivity (Wildman–Crippen MR) is 127 cm³/mol. The van der Waals surface area contributed by atoms with Gasteiger partial charge in [0, 0.05) is 10.9 Å². The molecule has 0 radical (unpaired) electrons. The van der Waals surface area contributed by atoms with Crippen LogP contribution in [0.25, 0.3) is 22.4 Å². The largest absolute Gasteiger partial charge is 0.349 e. The van der Waals surface area contributed by atoms with Crippen molar-refractivity contribution in [2.24, 2.45) is 0 Å².